The summed E-state index contributed by atoms with van der Waals surface area (Å²) in [6.07, 6.45) is 3.81. The third-order valence-electron chi connectivity index (χ3n) is 4.32. The molecule has 1 N–H and O–H groups in total. The first kappa shape index (κ1) is 17.5. The summed E-state index contributed by atoms with van der Waals surface area (Å²) in [6, 6.07) is 2.01. The number of aromatic nitrogens is 1. The third-order valence-corrected chi connectivity index (χ3v) is 4.72. The first-order chi connectivity index (χ1) is 10.2. The molecule has 0 atom stereocenters. The maximum absolute atomic E-state index is 6.13. The van der Waals surface area contributed by atoms with Gasteiger partial charge in [0.1, 0.15) is 5.15 Å². The van der Waals surface area contributed by atoms with Gasteiger partial charge in [0.25, 0.3) is 0 Å². The Kier molecular flexibility index (Phi) is 5.02. The lowest BCUT2D eigenvalue weighted by atomic mass is 9.77. The molecule has 2 rings (SSSR count). The van der Waals surface area contributed by atoms with Crippen LogP contribution in [0.5, 0.6) is 0 Å². The molecule has 0 unspecified atom stereocenters. The van der Waals surface area contributed by atoms with Gasteiger partial charge in [0, 0.05) is 12.7 Å². The SMILES string of the molecule is CNCC(=Cc1cnc(Cl)c(C)c1)B1OC(C)(C)C(C)(C)O1. The molecule has 1 aromatic heterocycles. The molecule has 0 aliphatic carbocycles. The van der Waals surface area contributed by atoms with Gasteiger partial charge in [-0.15, -0.1) is 0 Å². The Labute approximate surface area is 138 Å². The second kappa shape index (κ2) is 6.32. The summed E-state index contributed by atoms with van der Waals surface area (Å²) in [7, 11) is 1.54. The summed E-state index contributed by atoms with van der Waals surface area (Å²) in [4.78, 5) is 4.19. The van der Waals surface area contributed by atoms with E-state index >= 15 is 0 Å². The Bertz CT molecular complexity index is 572. The van der Waals surface area contributed by atoms with Crippen LogP contribution in [-0.4, -0.2) is 36.9 Å². The third kappa shape index (κ3) is 3.54. The largest absolute Gasteiger partial charge is 0.491 e. The van der Waals surface area contributed by atoms with Gasteiger partial charge < -0.3 is 14.6 Å². The van der Waals surface area contributed by atoms with Crippen molar-refractivity contribution in [3.8, 4) is 0 Å². The average molecular weight is 323 g/mol. The zero-order valence-corrected chi connectivity index (χ0v) is 14.9. The maximum Gasteiger partial charge on any atom is 0.491 e. The quantitative estimate of drug-likeness (QED) is 0.682. The fraction of sp³-hybridized carbons (Fsp3) is 0.562. The summed E-state index contributed by atoms with van der Waals surface area (Å²) >= 11 is 5.99. The standard InChI is InChI=1S/C16H24BClN2O2/c1-11-7-12(9-20-14(11)18)8-13(10-19-6)17-21-15(2,3)16(4,5)22-17/h7-9,19H,10H2,1-6H3. The van der Waals surface area contributed by atoms with Crippen molar-refractivity contribution in [2.75, 3.05) is 13.6 Å². The molecule has 120 valence electrons. The van der Waals surface area contributed by atoms with Crippen molar-refractivity contribution in [1.82, 2.24) is 10.3 Å². The van der Waals surface area contributed by atoms with Crippen LogP contribution in [0, 0.1) is 6.92 Å². The summed E-state index contributed by atoms with van der Waals surface area (Å²) in [5.74, 6) is 0. The van der Waals surface area contributed by atoms with Gasteiger partial charge in [-0.2, -0.15) is 0 Å². The fourth-order valence-electron chi connectivity index (χ4n) is 2.27. The highest BCUT2D eigenvalue weighted by molar-refractivity contribution is 6.55. The lowest BCUT2D eigenvalue weighted by Gasteiger charge is -2.32. The molecule has 1 aliphatic rings. The predicted molar refractivity (Wildman–Crippen MR) is 92.0 cm³/mol. The van der Waals surface area contributed by atoms with E-state index in [0.717, 1.165) is 16.6 Å². The van der Waals surface area contributed by atoms with Crippen molar-refractivity contribution in [3.05, 3.63) is 34.0 Å². The molecule has 0 amide bonds. The second-order valence-electron chi connectivity index (χ2n) is 6.71. The summed E-state index contributed by atoms with van der Waals surface area (Å²) in [5.41, 5.74) is 2.27. The summed E-state index contributed by atoms with van der Waals surface area (Å²) < 4.78 is 12.3. The van der Waals surface area contributed by atoms with E-state index in [9.17, 15) is 0 Å². The van der Waals surface area contributed by atoms with Crippen molar-refractivity contribution >= 4 is 24.8 Å². The van der Waals surface area contributed by atoms with E-state index in [1.54, 1.807) is 6.20 Å². The summed E-state index contributed by atoms with van der Waals surface area (Å²) in [6.45, 7) is 10.8. The first-order valence-electron chi connectivity index (χ1n) is 7.49. The molecular formula is C16H24BClN2O2. The molecule has 6 heteroatoms. The van der Waals surface area contributed by atoms with Gasteiger partial charge in [0.15, 0.2) is 0 Å². The first-order valence-corrected chi connectivity index (χ1v) is 7.87. The Balaban J connectivity index is 2.31. The minimum Gasteiger partial charge on any atom is -0.400 e. The Morgan fingerprint density at radius 3 is 2.41 bits per heavy atom. The van der Waals surface area contributed by atoms with Crippen LogP contribution in [0.1, 0.15) is 38.8 Å². The van der Waals surface area contributed by atoms with Crippen LogP contribution in [0.4, 0.5) is 0 Å². The van der Waals surface area contributed by atoms with Crippen molar-refractivity contribution in [3.63, 3.8) is 0 Å². The van der Waals surface area contributed by atoms with Crippen LogP contribution < -0.4 is 5.32 Å². The lowest BCUT2D eigenvalue weighted by Crippen LogP contribution is -2.41. The number of nitrogens with zero attached hydrogens (tertiary/aromatic N) is 1. The van der Waals surface area contributed by atoms with Gasteiger partial charge in [-0.05, 0) is 64.3 Å². The fourth-order valence-corrected chi connectivity index (χ4v) is 2.38. The van der Waals surface area contributed by atoms with Crippen LogP contribution in [0.15, 0.2) is 17.7 Å². The molecule has 4 nitrogen and oxygen atoms in total. The van der Waals surface area contributed by atoms with Gasteiger partial charge >= 0.3 is 7.12 Å². The Hall–Kier alpha value is -0.875. The Morgan fingerprint density at radius 1 is 1.32 bits per heavy atom. The van der Waals surface area contributed by atoms with Crippen LogP contribution >= 0.6 is 11.6 Å². The number of aryl methyl sites for hydroxylation is 1. The molecule has 22 heavy (non-hydrogen) atoms. The summed E-state index contributed by atoms with van der Waals surface area (Å²) in [5, 5.41) is 3.70. The molecule has 0 aromatic carbocycles. The van der Waals surface area contributed by atoms with Gasteiger partial charge in [-0.1, -0.05) is 17.7 Å². The molecule has 1 saturated heterocycles. The molecule has 0 radical (unpaired) electrons. The highest BCUT2D eigenvalue weighted by Gasteiger charge is 2.52. The van der Waals surface area contributed by atoms with E-state index in [0.29, 0.717) is 11.7 Å². The van der Waals surface area contributed by atoms with Crippen molar-refractivity contribution < 1.29 is 9.31 Å². The van der Waals surface area contributed by atoms with E-state index in [1.165, 1.54) is 0 Å². The molecule has 1 aliphatic heterocycles. The molecule has 1 fully saturated rings. The van der Waals surface area contributed by atoms with Crippen molar-refractivity contribution in [2.24, 2.45) is 0 Å². The zero-order chi connectivity index (χ0) is 16.5. The number of halogens is 1. The van der Waals surface area contributed by atoms with Crippen LogP contribution in [-0.2, 0) is 9.31 Å². The average Bonchev–Trinajstić information content (AvgIpc) is 2.62. The van der Waals surface area contributed by atoms with Gasteiger partial charge in [0.2, 0.25) is 0 Å². The number of pyridine rings is 1. The second-order valence-corrected chi connectivity index (χ2v) is 7.07. The van der Waals surface area contributed by atoms with E-state index < -0.39 is 0 Å². The number of nitrogens with one attached hydrogen (secondary N) is 1. The van der Waals surface area contributed by atoms with E-state index in [-0.39, 0.29) is 18.3 Å². The number of hydrogen-bond acceptors (Lipinski definition) is 4. The number of hydrogen-bond donors (Lipinski definition) is 1. The van der Waals surface area contributed by atoms with Crippen molar-refractivity contribution in [2.45, 2.75) is 45.8 Å². The molecule has 1 aromatic rings. The highest BCUT2D eigenvalue weighted by atomic mass is 35.5. The van der Waals surface area contributed by atoms with E-state index in [4.69, 9.17) is 20.9 Å². The van der Waals surface area contributed by atoms with Crippen molar-refractivity contribution in [1.29, 1.82) is 0 Å². The van der Waals surface area contributed by atoms with E-state index in [1.807, 2.05) is 20.0 Å². The monoisotopic (exact) mass is 322 g/mol. The van der Waals surface area contributed by atoms with Crippen LogP contribution in [0.25, 0.3) is 6.08 Å². The topological polar surface area (TPSA) is 43.4 Å². The van der Waals surface area contributed by atoms with Gasteiger partial charge in [-0.3, -0.25) is 0 Å². The molecule has 0 spiro atoms. The number of likely N-dealkylation sites (N-methyl/N-ethyl adjacent to an activating group) is 1. The maximum atomic E-state index is 6.13. The smallest absolute Gasteiger partial charge is 0.400 e. The molecule has 0 saturated carbocycles. The number of rotatable bonds is 4. The van der Waals surface area contributed by atoms with Crippen LogP contribution in [0.2, 0.25) is 5.15 Å². The van der Waals surface area contributed by atoms with E-state index in [2.05, 4.69) is 44.1 Å². The molecule has 2 heterocycles. The predicted octanol–water partition coefficient (Wildman–Crippen LogP) is 3.28. The van der Waals surface area contributed by atoms with Crippen LogP contribution in [0.3, 0.4) is 0 Å². The normalized spacial score (nSPS) is 20.5. The molecular weight excluding hydrogens is 298 g/mol. The lowest BCUT2D eigenvalue weighted by molar-refractivity contribution is 0.00578. The minimum absolute atomic E-state index is 0.349. The zero-order valence-electron chi connectivity index (χ0n) is 14.2. The molecule has 0 bridgehead atoms. The highest BCUT2D eigenvalue weighted by Crippen LogP contribution is 2.38. The minimum atomic E-state index is -0.367. The van der Waals surface area contributed by atoms with Gasteiger partial charge in [0.05, 0.1) is 11.2 Å². The van der Waals surface area contributed by atoms with Gasteiger partial charge in [-0.25, -0.2) is 4.98 Å². The Morgan fingerprint density at radius 2 is 1.91 bits per heavy atom.